The maximum atomic E-state index is 12.2. The largest absolute Gasteiger partial charge is 0.299 e. The first-order valence-corrected chi connectivity index (χ1v) is 8.59. The van der Waals surface area contributed by atoms with Crippen molar-refractivity contribution in [3.8, 4) is 0 Å². The van der Waals surface area contributed by atoms with Crippen molar-refractivity contribution in [2.45, 2.75) is 12.1 Å². The predicted octanol–water partition coefficient (Wildman–Crippen LogP) is 2.55. The highest BCUT2D eigenvalue weighted by Gasteiger charge is 2.24. The summed E-state index contributed by atoms with van der Waals surface area (Å²) in [4.78, 5) is 13.9. The minimum Gasteiger partial charge on any atom is -0.298 e. The van der Waals surface area contributed by atoms with Gasteiger partial charge < -0.3 is 0 Å². The fourth-order valence-electron chi connectivity index (χ4n) is 1.45. The van der Waals surface area contributed by atoms with Crippen LogP contribution >= 0.6 is 39.1 Å². The molecule has 0 saturated carbocycles. The van der Waals surface area contributed by atoms with E-state index in [-0.39, 0.29) is 21.7 Å². The molecule has 0 aliphatic heterocycles. The van der Waals surface area contributed by atoms with Gasteiger partial charge in [0.1, 0.15) is 0 Å². The Kier molecular flexibility index (Phi) is 4.95. The van der Waals surface area contributed by atoms with E-state index in [0.717, 1.165) is 0 Å². The van der Waals surface area contributed by atoms with E-state index in [1.54, 1.807) is 6.92 Å². The fraction of sp³-hybridized carbons (Fsp3) is 0.100. The molecule has 1 amide bonds. The van der Waals surface area contributed by atoms with Crippen LogP contribution in [0.4, 0.5) is 11.6 Å². The number of anilines is 2. The van der Waals surface area contributed by atoms with Crippen LogP contribution < -0.4 is 10.0 Å². The lowest BCUT2D eigenvalue weighted by Crippen LogP contribution is -2.15. The molecule has 0 atom stereocenters. The number of sulfonamides is 1. The van der Waals surface area contributed by atoms with Crippen LogP contribution in [0.5, 0.6) is 0 Å². The zero-order chi connectivity index (χ0) is 16.5. The van der Waals surface area contributed by atoms with E-state index in [1.807, 2.05) is 0 Å². The molecule has 2 rings (SSSR count). The molecule has 0 fully saturated rings. The van der Waals surface area contributed by atoms with Crippen molar-refractivity contribution in [3.05, 3.63) is 26.1 Å². The number of H-pyrrole nitrogens is 1. The summed E-state index contributed by atoms with van der Waals surface area (Å²) in [6.07, 6.45) is 0.330. The van der Waals surface area contributed by atoms with E-state index in [1.165, 1.54) is 6.07 Å². The van der Waals surface area contributed by atoms with Crippen molar-refractivity contribution in [2.24, 2.45) is 0 Å². The van der Waals surface area contributed by atoms with Crippen LogP contribution in [0, 0.1) is 6.92 Å². The summed E-state index contributed by atoms with van der Waals surface area (Å²) >= 11 is 15.4. The van der Waals surface area contributed by atoms with Gasteiger partial charge in [-0.1, -0.05) is 39.1 Å². The highest BCUT2D eigenvalue weighted by Crippen LogP contribution is 2.38. The molecular formula is C10H8BrCl2N5O3S. The highest BCUT2D eigenvalue weighted by atomic mass is 79.9. The monoisotopic (exact) mass is 427 g/mol. The summed E-state index contributed by atoms with van der Waals surface area (Å²) in [7, 11) is -4.13. The van der Waals surface area contributed by atoms with Gasteiger partial charge in [-0.25, -0.2) is 5.10 Å². The molecule has 1 aromatic carbocycles. The summed E-state index contributed by atoms with van der Waals surface area (Å²) in [5.74, 6) is -0.112. The molecule has 118 valence electrons. The average molecular weight is 429 g/mol. The molecule has 1 heterocycles. The Morgan fingerprint density at radius 2 is 2.09 bits per heavy atom. The number of rotatable bonds is 5. The topological polar surface area (TPSA) is 117 Å². The molecule has 0 bridgehead atoms. The van der Waals surface area contributed by atoms with Crippen LogP contribution in [0.2, 0.25) is 10.0 Å². The second kappa shape index (κ2) is 6.41. The van der Waals surface area contributed by atoms with Gasteiger partial charge in [-0.05, 0) is 18.6 Å². The number of halogens is 3. The Morgan fingerprint density at radius 1 is 1.41 bits per heavy atom. The normalized spacial score (nSPS) is 11.3. The Balaban J connectivity index is 2.40. The van der Waals surface area contributed by atoms with Gasteiger partial charge in [0, 0.05) is 4.47 Å². The number of hydrogen-bond donors (Lipinski definition) is 3. The Bertz CT molecular complexity index is 839. The molecular weight excluding hydrogens is 421 g/mol. The van der Waals surface area contributed by atoms with Gasteiger partial charge in [-0.2, -0.15) is 13.4 Å². The minimum atomic E-state index is -4.13. The first-order valence-electron chi connectivity index (χ1n) is 5.55. The van der Waals surface area contributed by atoms with Gasteiger partial charge in [0.2, 0.25) is 12.4 Å². The lowest BCUT2D eigenvalue weighted by Gasteiger charge is -2.12. The second-order valence-corrected chi connectivity index (χ2v) is 7.20. The number of carbonyl (C=O) groups is 1. The van der Waals surface area contributed by atoms with Crippen LogP contribution in [-0.2, 0) is 14.8 Å². The molecule has 8 nitrogen and oxygen atoms in total. The summed E-state index contributed by atoms with van der Waals surface area (Å²) in [6, 6.07) is 1.51. The maximum absolute atomic E-state index is 12.2. The van der Waals surface area contributed by atoms with Crippen molar-refractivity contribution in [1.82, 2.24) is 15.2 Å². The van der Waals surface area contributed by atoms with E-state index in [9.17, 15) is 13.2 Å². The third-order valence-corrected chi connectivity index (χ3v) is 5.27. The molecule has 0 unspecified atom stereocenters. The lowest BCUT2D eigenvalue weighted by molar-refractivity contribution is -0.105. The van der Waals surface area contributed by atoms with Crippen LogP contribution in [0.3, 0.4) is 0 Å². The third kappa shape index (κ3) is 3.35. The fourth-order valence-corrected chi connectivity index (χ4v) is 3.73. The van der Waals surface area contributed by atoms with Crippen molar-refractivity contribution in [2.75, 3.05) is 10.0 Å². The molecule has 0 aliphatic rings. The van der Waals surface area contributed by atoms with Crippen molar-refractivity contribution in [3.63, 3.8) is 0 Å². The van der Waals surface area contributed by atoms with Crippen LogP contribution in [0.25, 0.3) is 0 Å². The molecule has 0 spiro atoms. The summed E-state index contributed by atoms with van der Waals surface area (Å²) in [5, 5.41) is 7.58. The van der Waals surface area contributed by atoms with Crippen molar-refractivity contribution >= 4 is 67.2 Å². The van der Waals surface area contributed by atoms with Crippen molar-refractivity contribution < 1.29 is 13.2 Å². The summed E-state index contributed by atoms with van der Waals surface area (Å²) in [6.45, 7) is 1.69. The molecule has 0 aliphatic carbocycles. The van der Waals surface area contributed by atoms with E-state index < -0.39 is 15.2 Å². The lowest BCUT2D eigenvalue weighted by atomic mass is 10.2. The predicted molar refractivity (Wildman–Crippen MR) is 85.8 cm³/mol. The first kappa shape index (κ1) is 17.0. The number of aromatic amines is 1. The van der Waals surface area contributed by atoms with Gasteiger partial charge >= 0.3 is 0 Å². The zero-order valence-electron chi connectivity index (χ0n) is 10.8. The average Bonchev–Trinajstić information content (AvgIpc) is 2.91. The number of benzene rings is 1. The quantitative estimate of drug-likeness (QED) is 0.632. The van der Waals surface area contributed by atoms with Gasteiger partial charge in [0.25, 0.3) is 15.2 Å². The highest BCUT2D eigenvalue weighted by molar-refractivity contribution is 9.10. The van der Waals surface area contributed by atoms with Gasteiger partial charge in [0.05, 0.1) is 15.7 Å². The first-order chi connectivity index (χ1) is 10.3. The zero-order valence-corrected chi connectivity index (χ0v) is 14.7. The summed E-state index contributed by atoms with van der Waals surface area (Å²) in [5.41, 5.74) is 0.626. The van der Waals surface area contributed by atoms with Crippen LogP contribution in [-0.4, -0.2) is 30.0 Å². The second-order valence-electron chi connectivity index (χ2n) is 3.99. The summed E-state index contributed by atoms with van der Waals surface area (Å²) < 4.78 is 27.3. The number of carbonyl (C=O) groups excluding carboxylic acids is 1. The van der Waals surface area contributed by atoms with Gasteiger partial charge in [0.15, 0.2) is 0 Å². The Labute approximate surface area is 143 Å². The SMILES string of the molecule is Cc1c(Br)cc(Cl)c(NS(=O)(=O)c2n[nH]c(NC=O)n2)c1Cl. The van der Waals surface area contributed by atoms with E-state index >= 15 is 0 Å². The maximum Gasteiger partial charge on any atom is 0.299 e. The van der Waals surface area contributed by atoms with Crippen molar-refractivity contribution in [1.29, 1.82) is 0 Å². The number of aromatic nitrogens is 3. The number of nitrogens with one attached hydrogen (secondary N) is 3. The molecule has 2 aromatic rings. The van der Waals surface area contributed by atoms with Crippen LogP contribution in [0.1, 0.15) is 5.56 Å². The van der Waals surface area contributed by atoms with Gasteiger partial charge in [-0.15, -0.1) is 5.10 Å². The van der Waals surface area contributed by atoms with Gasteiger partial charge in [-0.3, -0.25) is 14.8 Å². The third-order valence-electron chi connectivity index (χ3n) is 2.54. The Hall–Kier alpha value is -1.36. The Morgan fingerprint density at radius 3 is 2.73 bits per heavy atom. The standard InChI is InChI=1S/C10H8BrCl2N5O3S/c1-4-5(11)2-6(12)8(7(4)13)18-22(20,21)10-15-9(14-3-19)16-17-10/h2-3,18H,1H3,(H2,14,15,16,17,19). The number of amides is 1. The number of hydrogen-bond acceptors (Lipinski definition) is 5. The molecule has 1 aromatic heterocycles. The van der Waals surface area contributed by atoms with E-state index in [0.29, 0.717) is 16.4 Å². The van der Waals surface area contributed by atoms with E-state index in [4.69, 9.17) is 23.2 Å². The minimum absolute atomic E-state index is 0.0127. The smallest absolute Gasteiger partial charge is 0.298 e. The van der Waals surface area contributed by atoms with E-state index in [2.05, 4.69) is 41.2 Å². The number of nitrogens with zero attached hydrogens (tertiary/aromatic N) is 2. The van der Waals surface area contributed by atoms with Crippen LogP contribution in [0.15, 0.2) is 15.7 Å². The molecule has 3 N–H and O–H groups in total. The molecule has 22 heavy (non-hydrogen) atoms. The molecule has 12 heteroatoms. The molecule has 0 saturated heterocycles. The molecule has 0 radical (unpaired) electrons.